The number of alkyl halides is 3. The number of nitrogens with one attached hydrogen (secondary N) is 2. The van der Waals surface area contributed by atoms with Crippen LogP contribution in [0.15, 0.2) is 48.5 Å². The number of hydrogen-bond acceptors (Lipinski definition) is 2. The number of hydrogen-bond donors (Lipinski definition) is 3. The highest BCUT2D eigenvalue weighted by atomic mass is 19.4. The highest BCUT2D eigenvalue weighted by Gasteiger charge is 2.31. The summed E-state index contributed by atoms with van der Waals surface area (Å²) < 4.78 is 51.6. The van der Waals surface area contributed by atoms with Crippen molar-refractivity contribution in [1.82, 2.24) is 5.32 Å². The molecule has 0 heterocycles. The molecule has 0 radical (unpaired) electrons. The van der Waals surface area contributed by atoms with Crippen LogP contribution in [0.1, 0.15) is 11.1 Å². The van der Waals surface area contributed by atoms with Crippen molar-refractivity contribution in [3.05, 3.63) is 65.5 Å². The number of rotatable bonds is 5. The second-order valence-corrected chi connectivity index (χ2v) is 5.36. The highest BCUT2D eigenvalue weighted by molar-refractivity contribution is 5.89. The minimum Gasteiger partial charge on any atom is -0.394 e. The van der Waals surface area contributed by atoms with E-state index in [0.29, 0.717) is 24.6 Å². The first-order valence-electron chi connectivity index (χ1n) is 7.38. The van der Waals surface area contributed by atoms with Crippen molar-refractivity contribution in [2.24, 2.45) is 0 Å². The largest absolute Gasteiger partial charge is 0.416 e. The lowest BCUT2D eigenvalue weighted by Gasteiger charge is -2.17. The van der Waals surface area contributed by atoms with Crippen molar-refractivity contribution in [1.29, 1.82) is 0 Å². The lowest BCUT2D eigenvalue weighted by atomic mass is 10.1. The molecule has 0 aliphatic carbocycles. The van der Waals surface area contributed by atoms with Gasteiger partial charge in [-0.25, -0.2) is 9.18 Å². The van der Waals surface area contributed by atoms with Crippen LogP contribution in [0, 0.1) is 5.82 Å². The van der Waals surface area contributed by atoms with E-state index in [2.05, 4.69) is 5.32 Å². The summed E-state index contributed by atoms with van der Waals surface area (Å²) in [6.45, 7) is -0.382. The maximum atomic E-state index is 13.6. The number of anilines is 1. The Bertz CT molecular complexity index is 720. The molecule has 2 aromatic carbocycles. The second kappa shape index (κ2) is 7.98. The van der Waals surface area contributed by atoms with Crippen LogP contribution in [0.25, 0.3) is 0 Å². The third kappa shape index (κ3) is 5.46. The number of carbonyl (C=O) groups is 1. The molecule has 0 spiro atoms. The first-order chi connectivity index (χ1) is 11.8. The fourth-order valence-corrected chi connectivity index (χ4v) is 2.20. The van der Waals surface area contributed by atoms with Gasteiger partial charge in [-0.1, -0.05) is 30.3 Å². The fourth-order valence-electron chi connectivity index (χ4n) is 2.20. The molecule has 0 aromatic heterocycles. The van der Waals surface area contributed by atoms with Crippen molar-refractivity contribution in [2.75, 3.05) is 11.9 Å². The summed E-state index contributed by atoms with van der Waals surface area (Å²) in [5, 5.41) is 13.8. The first-order valence-corrected chi connectivity index (χ1v) is 7.38. The van der Waals surface area contributed by atoms with Crippen molar-refractivity contribution in [2.45, 2.75) is 18.6 Å². The molecule has 2 aromatic rings. The standard InChI is InChI=1S/C17H16F4N2O2/c18-14-7-6-12(17(19,20)21)9-15(14)23-16(25)22-13(10-24)8-11-4-2-1-3-5-11/h1-7,9,13,24H,8,10H2,(H2,22,23,25). The predicted octanol–water partition coefficient (Wildman–Crippen LogP) is 3.57. The molecule has 2 amide bonds. The lowest BCUT2D eigenvalue weighted by Crippen LogP contribution is -2.41. The van der Waals surface area contributed by atoms with Crippen LogP contribution in [-0.2, 0) is 12.6 Å². The van der Waals surface area contributed by atoms with Crippen LogP contribution >= 0.6 is 0 Å². The van der Waals surface area contributed by atoms with Gasteiger partial charge in [-0.2, -0.15) is 13.2 Å². The summed E-state index contributed by atoms with van der Waals surface area (Å²) in [6.07, 6.45) is -4.34. The number of aliphatic hydroxyl groups is 1. The molecule has 3 N–H and O–H groups in total. The second-order valence-electron chi connectivity index (χ2n) is 5.36. The number of benzene rings is 2. The van der Waals surface area contributed by atoms with Crippen LogP contribution in [0.2, 0.25) is 0 Å². The van der Waals surface area contributed by atoms with Gasteiger partial charge in [-0.3, -0.25) is 0 Å². The average Bonchev–Trinajstić information content (AvgIpc) is 2.56. The lowest BCUT2D eigenvalue weighted by molar-refractivity contribution is -0.137. The number of amides is 2. The average molecular weight is 356 g/mol. The van der Waals surface area contributed by atoms with Gasteiger partial charge in [0.1, 0.15) is 5.82 Å². The smallest absolute Gasteiger partial charge is 0.394 e. The van der Waals surface area contributed by atoms with E-state index in [0.717, 1.165) is 5.56 Å². The molecule has 134 valence electrons. The van der Waals surface area contributed by atoms with E-state index in [1.54, 1.807) is 24.3 Å². The molecule has 0 fully saturated rings. The third-order valence-electron chi connectivity index (χ3n) is 3.42. The van der Waals surface area contributed by atoms with Crippen molar-refractivity contribution in [3.8, 4) is 0 Å². The van der Waals surface area contributed by atoms with Crippen LogP contribution in [-0.4, -0.2) is 23.8 Å². The monoisotopic (exact) mass is 356 g/mol. The van der Waals surface area contributed by atoms with Gasteiger partial charge >= 0.3 is 12.2 Å². The maximum Gasteiger partial charge on any atom is 0.416 e. The van der Waals surface area contributed by atoms with Crippen molar-refractivity contribution in [3.63, 3.8) is 0 Å². The summed E-state index contributed by atoms with van der Waals surface area (Å²) in [5.41, 5.74) is -0.817. The molecular weight excluding hydrogens is 340 g/mol. The quantitative estimate of drug-likeness (QED) is 0.718. The Morgan fingerprint density at radius 2 is 1.80 bits per heavy atom. The molecule has 4 nitrogen and oxygen atoms in total. The van der Waals surface area contributed by atoms with Gasteiger partial charge < -0.3 is 15.7 Å². The van der Waals surface area contributed by atoms with E-state index < -0.39 is 35.3 Å². The topological polar surface area (TPSA) is 61.4 Å². The Labute approximate surface area is 141 Å². The Morgan fingerprint density at radius 3 is 2.40 bits per heavy atom. The summed E-state index contributed by atoms with van der Waals surface area (Å²) >= 11 is 0. The molecule has 25 heavy (non-hydrogen) atoms. The fraction of sp³-hybridized carbons (Fsp3) is 0.235. The van der Waals surface area contributed by atoms with E-state index in [9.17, 15) is 27.5 Å². The van der Waals surface area contributed by atoms with Crippen LogP contribution in [0.3, 0.4) is 0 Å². The Hall–Kier alpha value is -2.61. The van der Waals surface area contributed by atoms with Gasteiger partial charge in [0, 0.05) is 0 Å². The van der Waals surface area contributed by atoms with E-state index >= 15 is 0 Å². The van der Waals surface area contributed by atoms with Gasteiger partial charge in [-0.05, 0) is 30.2 Å². The molecule has 8 heteroatoms. The summed E-state index contributed by atoms with van der Waals surface area (Å²) in [5.74, 6) is -0.994. The van der Waals surface area contributed by atoms with Gasteiger partial charge in [0.2, 0.25) is 0 Å². The molecule has 0 saturated heterocycles. The molecule has 2 rings (SSSR count). The molecule has 0 aliphatic rings. The van der Waals surface area contributed by atoms with E-state index in [1.807, 2.05) is 11.4 Å². The van der Waals surface area contributed by atoms with Gasteiger partial charge in [0.05, 0.1) is 23.9 Å². The molecular formula is C17H16F4N2O2. The summed E-state index contributed by atoms with van der Waals surface area (Å²) in [7, 11) is 0. The Kier molecular flexibility index (Phi) is 5.97. The minimum atomic E-state index is -4.65. The predicted molar refractivity (Wildman–Crippen MR) is 84.6 cm³/mol. The third-order valence-corrected chi connectivity index (χ3v) is 3.42. The molecule has 0 aliphatic heterocycles. The maximum absolute atomic E-state index is 13.6. The van der Waals surface area contributed by atoms with E-state index in [-0.39, 0.29) is 6.61 Å². The Balaban J connectivity index is 2.03. The van der Waals surface area contributed by atoms with Crippen LogP contribution < -0.4 is 10.6 Å². The zero-order valence-corrected chi connectivity index (χ0v) is 13.0. The van der Waals surface area contributed by atoms with E-state index in [1.165, 1.54) is 0 Å². The van der Waals surface area contributed by atoms with Crippen LogP contribution in [0.4, 0.5) is 28.0 Å². The molecule has 1 atom stereocenters. The highest BCUT2D eigenvalue weighted by Crippen LogP contribution is 2.31. The zero-order valence-electron chi connectivity index (χ0n) is 13.0. The van der Waals surface area contributed by atoms with Crippen LogP contribution in [0.5, 0.6) is 0 Å². The van der Waals surface area contributed by atoms with Gasteiger partial charge in [0.25, 0.3) is 0 Å². The SMILES string of the molecule is O=C(Nc1cc(C(F)(F)F)ccc1F)NC(CO)Cc1ccccc1. The minimum absolute atomic E-state index is 0.315. The number of carbonyl (C=O) groups excluding carboxylic acids is 1. The van der Waals surface area contributed by atoms with Crippen molar-refractivity contribution < 1.29 is 27.5 Å². The van der Waals surface area contributed by atoms with Gasteiger partial charge in [0.15, 0.2) is 0 Å². The number of aliphatic hydroxyl groups excluding tert-OH is 1. The van der Waals surface area contributed by atoms with E-state index in [4.69, 9.17) is 0 Å². The normalized spacial score (nSPS) is 12.5. The summed E-state index contributed by atoms with van der Waals surface area (Å²) in [4.78, 5) is 11.9. The first kappa shape index (κ1) is 18.7. The summed E-state index contributed by atoms with van der Waals surface area (Å²) in [6, 6.07) is 9.15. The zero-order chi connectivity index (χ0) is 18.4. The van der Waals surface area contributed by atoms with Crippen molar-refractivity contribution >= 4 is 11.7 Å². The number of halogens is 4. The molecule has 0 saturated carbocycles. The van der Waals surface area contributed by atoms with Gasteiger partial charge in [-0.15, -0.1) is 0 Å². The Morgan fingerprint density at radius 1 is 1.12 bits per heavy atom. The number of urea groups is 1. The molecule has 0 bridgehead atoms. The molecule has 1 unspecified atom stereocenters.